The van der Waals surface area contributed by atoms with Crippen LogP contribution in [0.5, 0.6) is 0 Å². The first-order valence-corrected chi connectivity index (χ1v) is 7.60. The molecule has 0 spiro atoms. The molecule has 0 bridgehead atoms. The molecule has 0 radical (unpaired) electrons. The van der Waals surface area contributed by atoms with E-state index < -0.39 is 4.92 Å². The predicted molar refractivity (Wildman–Crippen MR) is 84.3 cm³/mol. The highest BCUT2D eigenvalue weighted by Gasteiger charge is 2.29. The molecule has 0 aliphatic carbocycles. The summed E-state index contributed by atoms with van der Waals surface area (Å²) in [5.74, 6) is 1.21. The lowest BCUT2D eigenvalue weighted by atomic mass is 10.0. The van der Waals surface area contributed by atoms with Crippen molar-refractivity contribution in [3.63, 3.8) is 0 Å². The van der Waals surface area contributed by atoms with Gasteiger partial charge in [-0.3, -0.25) is 10.1 Å². The monoisotopic (exact) mass is 309 g/mol. The zero-order chi connectivity index (χ0) is 15.9. The van der Waals surface area contributed by atoms with Crippen LogP contribution in [0, 0.1) is 16.0 Å². The Kier molecular flexibility index (Phi) is 5.88. The molecule has 1 saturated heterocycles. The van der Waals surface area contributed by atoms with Gasteiger partial charge >= 0.3 is 5.69 Å². The van der Waals surface area contributed by atoms with Crippen molar-refractivity contribution in [2.75, 3.05) is 43.6 Å². The van der Waals surface area contributed by atoms with E-state index in [2.05, 4.69) is 22.2 Å². The fraction of sp³-hybridized carbons (Fsp3) is 0.714. The van der Waals surface area contributed by atoms with Gasteiger partial charge in [0.15, 0.2) is 0 Å². The summed E-state index contributed by atoms with van der Waals surface area (Å²) < 4.78 is 4.97. The Morgan fingerprint density at radius 3 is 3.05 bits per heavy atom. The maximum Gasteiger partial charge on any atom is 0.353 e. The number of nitro groups is 1. The number of nitrogens with one attached hydrogen (secondary N) is 1. The lowest BCUT2D eigenvalue weighted by Crippen LogP contribution is -2.35. The number of rotatable bonds is 7. The number of methoxy groups -OCH3 is 1. The maximum atomic E-state index is 11.5. The fourth-order valence-electron chi connectivity index (χ4n) is 2.70. The van der Waals surface area contributed by atoms with E-state index in [9.17, 15) is 10.1 Å². The average molecular weight is 309 g/mol. The minimum Gasteiger partial charge on any atom is -0.385 e. The van der Waals surface area contributed by atoms with Gasteiger partial charge in [-0.25, -0.2) is 9.97 Å². The van der Waals surface area contributed by atoms with Crippen molar-refractivity contribution in [2.45, 2.75) is 26.2 Å². The molecule has 1 aromatic rings. The Balaban J connectivity index is 2.20. The highest BCUT2D eigenvalue weighted by molar-refractivity contribution is 5.70. The van der Waals surface area contributed by atoms with Gasteiger partial charge in [0, 0.05) is 33.4 Å². The van der Waals surface area contributed by atoms with Crippen LogP contribution in [0.1, 0.15) is 26.2 Å². The molecule has 0 aromatic carbocycles. The van der Waals surface area contributed by atoms with E-state index in [1.807, 2.05) is 4.90 Å². The van der Waals surface area contributed by atoms with Gasteiger partial charge in [0.05, 0.1) is 4.92 Å². The molecule has 1 unspecified atom stereocenters. The van der Waals surface area contributed by atoms with Gasteiger partial charge in [-0.05, 0) is 25.2 Å². The molecule has 1 atom stereocenters. The number of piperidine rings is 1. The molecular weight excluding hydrogens is 286 g/mol. The zero-order valence-electron chi connectivity index (χ0n) is 13.1. The van der Waals surface area contributed by atoms with Gasteiger partial charge in [-0.1, -0.05) is 6.92 Å². The van der Waals surface area contributed by atoms with Crippen LogP contribution >= 0.6 is 0 Å². The minimum atomic E-state index is -0.396. The molecule has 1 aliphatic rings. The number of aromatic nitrogens is 2. The standard InChI is InChI=1S/C14H23N5O3/c1-11-5-3-7-18(9-11)14-12(19(20)21)13(16-10-17-14)15-6-4-8-22-2/h10-11H,3-9H2,1-2H3,(H,15,16,17). The first-order chi connectivity index (χ1) is 10.6. The highest BCUT2D eigenvalue weighted by atomic mass is 16.6. The predicted octanol–water partition coefficient (Wildman–Crippen LogP) is 2.07. The van der Waals surface area contributed by atoms with Crippen molar-refractivity contribution in [3.8, 4) is 0 Å². The van der Waals surface area contributed by atoms with E-state index in [1.165, 1.54) is 6.33 Å². The van der Waals surface area contributed by atoms with Crippen LogP contribution in [0.25, 0.3) is 0 Å². The molecule has 1 fully saturated rings. The summed E-state index contributed by atoms with van der Waals surface area (Å²) in [4.78, 5) is 21.3. The van der Waals surface area contributed by atoms with Crippen molar-refractivity contribution < 1.29 is 9.66 Å². The lowest BCUT2D eigenvalue weighted by Gasteiger charge is -2.31. The Hall–Kier alpha value is -1.96. The van der Waals surface area contributed by atoms with Gasteiger partial charge in [-0.15, -0.1) is 0 Å². The van der Waals surface area contributed by atoms with Crippen LogP contribution in [-0.2, 0) is 4.74 Å². The smallest absolute Gasteiger partial charge is 0.353 e. The van der Waals surface area contributed by atoms with Crippen LogP contribution in [0.4, 0.5) is 17.3 Å². The minimum absolute atomic E-state index is 0.0333. The van der Waals surface area contributed by atoms with E-state index in [0.29, 0.717) is 24.9 Å². The van der Waals surface area contributed by atoms with E-state index in [-0.39, 0.29) is 11.5 Å². The molecule has 8 nitrogen and oxygen atoms in total. The second kappa shape index (κ2) is 7.88. The molecule has 0 saturated carbocycles. The van der Waals surface area contributed by atoms with Crippen molar-refractivity contribution in [2.24, 2.45) is 5.92 Å². The first-order valence-electron chi connectivity index (χ1n) is 7.60. The summed E-state index contributed by atoms with van der Waals surface area (Å²) in [5, 5.41) is 14.5. The lowest BCUT2D eigenvalue weighted by molar-refractivity contribution is -0.383. The van der Waals surface area contributed by atoms with Gasteiger partial charge < -0.3 is 15.0 Å². The second-order valence-corrected chi connectivity index (χ2v) is 5.62. The molecule has 2 heterocycles. The molecular formula is C14H23N5O3. The highest BCUT2D eigenvalue weighted by Crippen LogP contribution is 2.33. The van der Waals surface area contributed by atoms with Gasteiger partial charge in [0.1, 0.15) is 6.33 Å². The van der Waals surface area contributed by atoms with E-state index >= 15 is 0 Å². The van der Waals surface area contributed by atoms with Crippen LogP contribution in [-0.4, -0.2) is 48.2 Å². The number of hydrogen-bond acceptors (Lipinski definition) is 7. The number of hydrogen-bond donors (Lipinski definition) is 1. The topological polar surface area (TPSA) is 93.4 Å². The van der Waals surface area contributed by atoms with Gasteiger partial charge in [-0.2, -0.15) is 0 Å². The maximum absolute atomic E-state index is 11.5. The van der Waals surface area contributed by atoms with Crippen LogP contribution < -0.4 is 10.2 Å². The second-order valence-electron chi connectivity index (χ2n) is 5.62. The molecule has 22 heavy (non-hydrogen) atoms. The van der Waals surface area contributed by atoms with E-state index in [4.69, 9.17) is 4.74 Å². The van der Waals surface area contributed by atoms with E-state index in [0.717, 1.165) is 32.4 Å². The largest absolute Gasteiger partial charge is 0.385 e. The number of nitrogens with zero attached hydrogens (tertiary/aromatic N) is 4. The van der Waals surface area contributed by atoms with Crippen molar-refractivity contribution in [1.29, 1.82) is 0 Å². The average Bonchev–Trinajstić information content (AvgIpc) is 2.51. The third kappa shape index (κ3) is 4.03. The molecule has 1 N–H and O–H groups in total. The van der Waals surface area contributed by atoms with Crippen LogP contribution in [0.15, 0.2) is 6.33 Å². The third-order valence-electron chi connectivity index (χ3n) is 3.76. The summed E-state index contributed by atoms with van der Waals surface area (Å²) in [6.45, 7) is 4.92. The quantitative estimate of drug-likeness (QED) is 0.468. The molecule has 1 aliphatic heterocycles. The summed E-state index contributed by atoms with van der Waals surface area (Å²) in [5.41, 5.74) is -0.0333. The summed E-state index contributed by atoms with van der Waals surface area (Å²) in [6.07, 6.45) is 4.32. The van der Waals surface area contributed by atoms with Gasteiger partial charge in [0.25, 0.3) is 0 Å². The van der Waals surface area contributed by atoms with Crippen molar-refractivity contribution in [3.05, 3.63) is 16.4 Å². The van der Waals surface area contributed by atoms with Crippen LogP contribution in [0.2, 0.25) is 0 Å². The number of anilines is 2. The Morgan fingerprint density at radius 1 is 1.55 bits per heavy atom. The molecule has 1 aromatic heterocycles. The third-order valence-corrected chi connectivity index (χ3v) is 3.76. The normalized spacial score (nSPS) is 18.3. The molecule has 8 heteroatoms. The SMILES string of the molecule is COCCCNc1ncnc(N2CCCC(C)C2)c1[N+](=O)[O-]. The summed E-state index contributed by atoms with van der Waals surface area (Å²) >= 11 is 0. The van der Waals surface area contributed by atoms with E-state index in [1.54, 1.807) is 7.11 Å². The Labute approximate surface area is 130 Å². The zero-order valence-corrected chi connectivity index (χ0v) is 13.1. The fourth-order valence-corrected chi connectivity index (χ4v) is 2.70. The first kappa shape index (κ1) is 16.4. The Morgan fingerprint density at radius 2 is 2.36 bits per heavy atom. The number of ether oxygens (including phenoxy) is 1. The van der Waals surface area contributed by atoms with Crippen LogP contribution in [0.3, 0.4) is 0 Å². The van der Waals surface area contributed by atoms with Crippen molar-refractivity contribution >= 4 is 17.3 Å². The Bertz CT molecular complexity index is 511. The molecule has 0 amide bonds. The summed E-state index contributed by atoms with van der Waals surface area (Å²) in [6, 6.07) is 0. The summed E-state index contributed by atoms with van der Waals surface area (Å²) in [7, 11) is 1.63. The molecule has 2 rings (SSSR count). The molecule has 122 valence electrons. The van der Waals surface area contributed by atoms with Crippen molar-refractivity contribution in [1.82, 2.24) is 9.97 Å². The van der Waals surface area contributed by atoms with Gasteiger partial charge in [0.2, 0.25) is 11.6 Å².